The van der Waals surface area contributed by atoms with E-state index in [4.69, 9.17) is 5.73 Å². The summed E-state index contributed by atoms with van der Waals surface area (Å²) in [7, 11) is 0. The van der Waals surface area contributed by atoms with Gasteiger partial charge in [-0.2, -0.15) is 11.8 Å². The van der Waals surface area contributed by atoms with Crippen LogP contribution < -0.4 is 16.4 Å². The first-order valence-electron chi connectivity index (χ1n) is 10.9. The van der Waals surface area contributed by atoms with Crippen LogP contribution in [-0.2, 0) is 19.2 Å². The number of aliphatic carboxylic acids is 1. The molecule has 5 atom stereocenters. The molecule has 1 rings (SSSR count). The monoisotopic (exact) mass is 458 g/mol. The molecule has 0 spiro atoms. The predicted molar refractivity (Wildman–Crippen MR) is 121 cm³/mol. The van der Waals surface area contributed by atoms with Gasteiger partial charge in [-0.25, -0.2) is 4.79 Å². The van der Waals surface area contributed by atoms with Gasteiger partial charge in [-0.05, 0) is 43.1 Å². The van der Waals surface area contributed by atoms with Crippen LogP contribution in [0.4, 0.5) is 0 Å². The minimum atomic E-state index is -1.04. The van der Waals surface area contributed by atoms with E-state index in [1.54, 1.807) is 25.6 Å². The number of hydrogen-bond donors (Lipinski definition) is 4. The van der Waals surface area contributed by atoms with Crippen LogP contribution in [0.5, 0.6) is 0 Å². The van der Waals surface area contributed by atoms with Crippen molar-refractivity contribution >= 4 is 35.5 Å². The summed E-state index contributed by atoms with van der Waals surface area (Å²) in [5.41, 5.74) is 5.92. The number of thioether (sulfide) groups is 1. The summed E-state index contributed by atoms with van der Waals surface area (Å²) in [5, 5.41) is 14.9. The molecule has 0 radical (unpaired) electrons. The maximum atomic E-state index is 13.2. The van der Waals surface area contributed by atoms with Gasteiger partial charge in [-0.1, -0.05) is 34.1 Å². The molecule has 31 heavy (non-hydrogen) atoms. The number of carboxylic acids is 1. The van der Waals surface area contributed by atoms with Gasteiger partial charge >= 0.3 is 5.97 Å². The molecule has 0 bridgehead atoms. The first kappa shape index (κ1) is 27.2. The molecular weight excluding hydrogens is 420 g/mol. The molecule has 9 nitrogen and oxygen atoms in total. The summed E-state index contributed by atoms with van der Waals surface area (Å²) in [6.07, 6.45) is 4.07. The summed E-state index contributed by atoms with van der Waals surface area (Å²) in [6, 6.07) is -3.29. The number of likely N-dealkylation sites (tertiary alicyclic amines) is 1. The molecule has 178 valence electrons. The maximum Gasteiger partial charge on any atom is 0.326 e. The second-order valence-corrected chi connectivity index (χ2v) is 9.50. The van der Waals surface area contributed by atoms with Gasteiger partial charge in [0.1, 0.15) is 18.1 Å². The Morgan fingerprint density at radius 2 is 1.74 bits per heavy atom. The minimum absolute atomic E-state index is 0.196. The fourth-order valence-corrected chi connectivity index (χ4v) is 4.05. The highest BCUT2D eigenvalue weighted by Crippen LogP contribution is 2.21. The lowest BCUT2D eigenvalue weighted by Gasteiger charge is -2.32. The Morgan fingerprint density at radius 3 is 2.26 bits per heavy atom. The number of hydrogen-bond acceptors (Lipinski definition) is 6. The number of nitrogens with two attached hydrogens (primary N) is 1. The Hall–Kier alpha value is -1.81. The van der Waals surface area contributed by atoms with Crippen LogP contribution in [0.2, 0.25) is 0 Å². The molecule has 0 aromatic heterocycles. The van der Waals surface area contributed by atoms with Gasteiger partial charge in [0.25, 0.3) is 0 Å². The van der Waals surface area contributed by atoms with Crippen LogP contribution >= 0.6 is 11.8 Å². The molecule has 0 aromatic rings. The van der Waals surface area contributed by atoms with Gasteiger partial charge in [0.15, 0.2) is 0 Å². The summed E-state index contributed by atoms with van der Waals surface area (Å²) in [6.45, 7) is 7.71. The number of nitrogens with one attached hydrogen (secondary N) is 2. The SMILES string of the molecule is CCC(C)C(NC(=O)C(NC(=O)C(N)CCSC)C(C)C)C(=O)N1CCCC1C(=O)O. The molecule has 1 aliphatic heterocycles. The van der Waals surface area contributed by atoms with Crippen molar-refractivity contribution in [3.05, 3.63) is 0 Å². The number of carboxylic acid groups (broad SMARTS) is 1. The minimum Gasteiger partial charge on any atom is -0.480 e. The van der Waals surface area contributed by atoms with E-state index in [9.17, 15) is 24.3 Å². The standard InChI is InChI=1S/C21H38N4O5S/c1-6-13(4)17(20(28)25-10-7-8-15(25)21(29)30)24-19(27)16(12(2)3)23-18(26)14(22)9-11-31-5/h12-17H,6-11,22H2,1-5H3,(H,23,26)(H,24,27)(H,29,30). The molecule has 5 N–H and O–H groups in total. The smallest absolute Gasteiger partial charge is 0.326 e. The van der Waals surface area contributed by atoms with E-state index >= 15 is 0 Å². The van der Waals surface area contributed by atoms with Gasteiger partial charge in [0.2, 0.25) is 17.7 Å². The summed E-state index contributed by atoms with van der Waals surface area (Å²) < 4.78 is 0. The Kier molecular flexibility index (Phi) is 11.3. The molecule has 0 saturated carbocycles. The van der Waals surface area contributed by atoms with E-state index in [2.05, 4.69) is 10.6 Å². The first-order valence-corrected chi connectivity index (χ1v) is 12.3. The summed E-state index contributed by atoms with van der Waals surface area (Å²) in [5.74, 6) is -1.98. The zero-order valence-electron chi connectivity index (χ0n) is 19.2. The summed E-state index contributed by atoms with van der Waals surface area (Å²) in [4.78, 5) is 51.5. The van der Waals surface area contributed by atoms with Crippen molar-refractivity contribution in [2.75, 3.05) is 18.6 Å². The van der Waals surface area contributed by atoms with E-state index in [1.807, 2.05) is 20.1 Å². The molecule has 10 heteroatoms. The summed E-state index contributed by atoms with van der Waals surface area (Å²) >= 11 is 1.59. The van der Waals surface area contributed by atoms with E-state index < -0.39 is 47.9 Å². The van der Waals surface area contributed by atoms with Crippen molar-refractivity contribution in [3.63, 3.8) is 0 Å². The van der Waals surface area contributed by atoms with Crippen molar-refractivity contribution in [2.24, 2.45) is 17.6 Å². The quantitative estimate of drug-likeness (QED) is 0.339. The van der Waals surface area contributed by atoms with Crippen molar-refractivity contribution in [2.45, 2.75) is 77.5 Å². The number of rotatable bonds is 12. The van der Waals surface area contributed by atoms with E-state index in [0.717, 1.165) is 5.75 Å². The van der Waals surface area contributed by atoms with E-state index in [0.29, 0.717) is 32.2 Å². The maximum absolute atomic E-state index is 13.2. The molecule has 1 aliphatic rings. The molecule has 1 heterocycles. The van der Waals surface area contributed by atoms with Crippen molar-refractivity contribution in [3.8, 4) is 0 Å². The average Bonchev–Trinajstić information content (AvgIpc) is 3.22. The van der Waals surface area contributed by atoms with Gasteiger partial charge in [0, 0.05) is 6.54 Å². The second kappa shape index (κ2) is 12.9. The first-order chi connectivity index (χ1) is 14.5. The fourth-order valence-electron chi connectivity index (χ4n) is 3.56. The van der Waals surface area contributed by atoms with Crippen LogP contribution in [0.1, 0.15) is 53.4 Å². The lowest BCUT2D eigenvalue weighted by Crippen LogP contribution is -2.59. The molecule has 3 amide bonds. The van der Waals surface area contributed by atoms with Crippen molar-refractivity contribution < 1.29 is 24.3 Å². The molecular formula is C21H38N4O5S. The molecule has 5 unspecified atom stereocenters. The second-order valence-electron chi connectivity index (χ2n) is 8.52. The van der Waals surface area contributed by atoms with E-state index in [1.165, 1.54) is 4.90 Å². The van der Waals surface area contributed by atoms with Crippen LogP contribution in [0.3, 0.4) is 0 Å². The number of carbonyl (C=O) groups excluding carboxylic acids is 3. The largest absolute Gasteiger partial charge is 0.480 e. The highest BCUT2D eigenvalue weighted by atomic mass is 32.2. The lowest BCUT2D eigenvalue weighted by atomic mass is 9.95. The molecule has 1 saturated heterocycles. The van der Waals surface area contributed by atoms with Gasteiger partial charge in [-0.15, -0.1) is 0 Å². The Bertz CT molecular complexity index is 645. The Morgan fingerprint density at radius 1 is 1.13 bits per heavy atom. The molecule has 0 aromatic carbocycles. The van der Waals surface area contributed by atoms with Gasteiger partial charge < -0.3 is 26.4 Å². The topological polar surface area (TPSA) is 142 Å². The van der Waals surface area contributed by atoms with Gasteiger partial charge in [-0.3, -0.25) is 14.4 Å². The normalized spacial score (nSPS) is 20.1. The fraction of sp³-hybridized carbons (Fsp3) is 0.810. The number of carbonyl (C=O) groups is 4. The Balaban J connectivity index is 2.96. The Labute approximate surface area is 189 Å². The number of nitrogens with zero attached hydrogens (tertiary/aromatic N) is 1. The highest BCUT2D eigenvalue weighted by molar-refractivity contribution is 7.98. The van der Waals surface area contributed by atoms with Crippen LogP contribution in [0, 0.1) is 11.8 Å². The van der Waals surface area contributed by atoms with Crippen LogP contribution in [-0.4, -0.2) is 76.4 Å². The zero-order valence-corrected chi connectivity index (χ0v) is 20.0. The zero-order chi connectivity index (χ0) is 23.7. The van der Waals surface area contributed by atoms with E-state index in [-0.39, 0.29) is 11.8 Å². The van der Waals surface area contributed by atoms with Crippen molar-refractivity contribution in [1.29, 1.82) is 0 Å². The third kappa shape index (κ3) is 7.68. The third-order valence-corrected chi connectivity index (χ3v) is 6.46. The van der Waals surface area contributed by atoms with Crippen LogP contribution in [0.15, 0.2) is 0 Å². The van der Waals surface area contributed by atoms with Crippen molar-refractivity contribution in [1.82, 2.24) is 15.5 Å². The lowest BCUT2D eigenvalue weighted by molar-refractivity contribution is -0.150. The molecule has 1 fully saturated rings. The number of amides is 3. The highest BCUT2D eigenvalue weighted by Gasteiger charge is 2.40. The molecule has 0 aliphatic carbocycles. The predicted octanol–water partition coefficient (Wildman–Crippen LogP) is 0.814. The van der Waals surface area contributed by atoms with Crippen LogP contribution in [0.25, 0.3) is 0 Å². The third-order valence-electron chi connectivity index (χ3n) is 5.81. The van der Waals surface area contributed by atoms with Gasteiger partial charge in [0.05, 0.1) is 6.04 Å². The average molecular weight is 459 g/mol.